The zero-order valence-electron chi connectivity index (χ0n) is 18.6. The van der Waals surface area contributed by atoms with Crippen LogP contribution in [0.15, 0.2) is 53.1 Å². The minimum Gasteiger partial charge on any atom is -0.463 e. The maximum atomic E-state index is 13.7. The molecule has 172 valence electrons. The van der Waals surface area contributed by atoms with Crippen molar-refractivity contribution in [2.45, 2.75) is 63.7 Å². The molecule has 33 heavy (non-hydrogen) atoms. The molecule has 0 bridgehead atoms. The van der Waals surface area contributed by atoms with E-state index in [-0.39, 0.29) is 30.9 Å². The van der Waals surface area contributed by atoms with Crippen LogP contribution >= 0.6 is 11.6 Å². The van der Waals surface area contributed by atoms with Crippen molar-refractivity contribution in [1.29, 1.82) is 0 Å². The summed E-state index contributed by atoms with van der Waals surface area (Å²) in [5.41, 5.74) is 0.775. The molecule has 1 aliphatic heterocycles. The summed E-state index contributed by atoms with van der Waals surface area (Å²) in [6, 6.07) is 12.8. The average Bonchev–Trinajstić information content (AvgIpc) is 3.47. The molecule has 1 aromatic carbocycles. The molecule has 3 aromatic rings. The number of amides is 2. The Morgan fingerprint density at radius 3 is 2.76 bits per heavy atom. The molecule has 1 atom stereocenters. The highest BCUT2D eigenvalue weighted by atomic mass is 35.5. The second-order valence-electron chi connectivity index (χ2n) is 9.15. The van der Waals surface area contributed by atoms with Crippen LogP contribution in [0, 0.1) is 0 Å². The van der Waals surface area contributed by atoms with Gasteiger partial charge < -0.3 is 14.6 Å². The molecule has 1 unspecified atom stereocenters. The highest BCUT2D eigenvalue weighted by Crippen LogP contribution is 2.32. The molecule has 2 aromatic heterocycles. The molecule has 8 heteroatoms. The normalized spacial score (nSPS) is 21.2. The van der Waals surface area contributed by atoms with Gasteiger partial charge in [0.1, 0.15) is 16.9 Å². The smallest absolute Gasteiger partial charge is 0.273 e. The topological polar surface area (TPSA) is 80.4 Å². The number of nitrogens with zero attached hydrogens (tertiary/aromatic N) is 3. The first-order valence-electron chi connectivity index (χ1n) is 11.4. The van der Waals surface area contributed by atoms with Crippen LogP contribution in [0.2, 0.25) is 5.02 Å². The van der Waals surface area contributed by atoms with Gasteiger partial charge in [0, 0.05) is 23.7 Å². The summed E-state index contributed by atoms with van der Waals surface area (Å²) in [6.45, 7) is 2.36. The van der Waals surface area contributed by atoms with Crippen LogP contribution < -0.4 is 5.32 Å². The van der Waals surface area contributed by atoms with Gasteiger partial charge >= 0.3 is 0 Å². The summed E-state index contributed by atoms with van der Waals surface area (Å²) in [5, 5.41) is 8.41. The summed E-state index contributed by atoms with van der Waals surface area (Å²) >= 11 is 6.20. The predicted molar refractivity (Wildman–Crippen MR) is 125 cm³/mol. The number of carbonyl (C=O) groups excluding carboxylic acids is 2. The van der Waals surface area contributed by atoms with Crippen molar-refractivity contribution in [1.82, 2.24) is 20.0 Å². The minimum absolute atomic E-state index is 0.142. The summed E-state index contributed by atoms with van der Waals surface area (Å²) in [7, 11) is 0. The van der Waals surface area contributed by atoms with E-state index in [1.165, 1.54) is 6.42 Å². The third-order valence-corrected chi connectivity index (χ3v) is 6.97. The molecule has 3 heterocycles. The van der Waals surface area contributed by atoms with Crippen LogP contribution in [0.4, 0.5) is 0 Å². The Morgan fingerprint density at radius 1 is 1.21 bits per heavy atom. The number of fused-ring (bicyclic) bond motifs is 1. The molecule has 5 rings (SSSR count). The standard InChI is InChI=1S/C25H27ClN4O3/c1-25(24(32)27-19-9-3-2-4-10-19)16-30-21(14-20(28-30)22-11-6-12-33-22)23(31)29(25)15-17-7-5-8-18(26)13-17/h5-8,11-14,19H,2-4,9-10,15-16H2,1H3,(H,27,32). The third kappa shape index (κ3) is 4.17. The van der Waals surface area contributed by atoms with Gasteiger partial charge in [0.2, 0.25) is 5.91 Å². The first kappa shape index (κ1) is 21.8. The van der Waals surface area contributed by atoms with Gasteiger partial charge in [-0.1, -0.05) is 43.0 Å². The van der Waals surface area contributed by atoms with E-state index in [1.807, 2.05) is 25.1 Å². The molecule has 1 fully saturated rings. The fraction of sp³-hybridized carbons (Fsp3) is 0.400. The van der Waals surface area contributed by atoms with E-state index >= 15 is 0 Å². The quantitative estimate of drug-likeness (QED) is 0.593. The number of hydrogen-bond acceptors (Lipinski definition) is 4. The number of hydrogen-bond donors (Lipinski definition) is 1. The predicted octanol–water partition coefficient (Wildman–Crippen LogP) is 4.66. The number of nitrogens with one attached hydrogen (secondary N) is 1. The van der Waals surface area contributed by atoms with Crippen molar-refractivity contribution in [3.63, 3.8) is 0 Å². The first-order valence-corrected chi connectivity index (χ1v) is 11.8. The van der Waals surface area contributed by atoms with Crippen molar-refractivity contribution in [3.8, 4) is 11.5 Å². The number of benzene rings is 1. The number of aromatic nitrogens is 2. The third-order valence-electron chi connectivity index (χ3n) is 6.73. The van der Waals surface area contributed by atoms with Crippen molar-refractivity contribution >= 4 is 23.4 Å². The lowest BCUT2D eigenvalue weighted by molar-refractivity contribution is -0.134. The van der Waals surface area contributed by atoms with Crippen LogP contribution in [0.5, 0.6) is 0 Å². The van der Waals surface area contributed by atoms with Crippen LogP contribution in [0.25, 0.3) is 11.5 Å². The molecule has 1 N–H and O–H groups in total. The van der Waals surface area contributed by atoms with Crippen LogP contribution in [0.1, 0.15) is 55.1 Å². The molecule has 1 saturated carbocycles. The van der Waals surface area contributed by atoms with E-state index in [1.54, 1.807) is 40.1 Å². The van der Waals surface area contributed by atoms with Crippen LogP contribution in [0.3, 0.4) is 0 Å². The Labute approximate surface area is 197 Å². The number of halogens is 1. The summed E-state index contributed by atoms with van der Waals surface area (Å²) in [4.78, 5) is 29.0. The zero-order valence-corrected chi connectivity index (χ0v) is 19.3. The number of rotatable bonds is 5. The van der Waals surface area contributed by atoms with Crippen molar-refractivity contribution < 1.29 is 14.0 Å². The zero-order chi connectivity index (χ0) is 23.0. The SMILES string of the molecule is CC1(C(=O)NC2CCCCC2)Cn2nc(-c3ccco3)cc2C(=O)N1Cc1cccc(Cl)c1. The molecular formula is C25H27ClN4O3. The van der Waals surface area contributed by atoms with Gasteiger partial charge in [-0.2, -0.15) is 5.10 Å². The Bertz CT molecular complexity index is 1170. The van der Waals surface area contributed by atoms with Crippen molar-refractivity contribution in [3.05, 3.63) is 65.0 Å². The molecule has 0 radical (unpaired) electrons. The summed E-state index contributed by atoms with van der Waals surface area (Å²) in [6.07, 6.45) is 6.95. The minimum atomic E-state index is -1.10. The largest absolute Gasteiger partial charge is 0.463 e. The second kappa shape index (κ2) is 8.71. The monoisotopic (exact) mass is 466 g/mol. The van der Waals surface area contributed by atoms with E-state index in [9.17, 15) is 9.59 Å². The van der Waals surface area contributed by atoms with Gasteiger partial charge in [-0.05, 0) is 49.6 Å². The summed E-state index contributed by atoms with van der Waals surface area (Å²) in [5.74, 6) is 0.192. The second-order valence-corrected chi connectivity index (χ2v) is 9.59. The van der Waals surface area contributed by atoms with E-state index in [4.69, 9.17) is 16.0 Å². The maximum Gasteiger partial charge on any atom is 0.273 e. The summed E-state index contributed by atoms with van der Waals surface area (Å²) < 4.78 is 7.11. The highest BCUT2D eigenvalue weighted by Gasteiger charge is 2.48. The van der Waals surface area contributed by atoms with Gasteiger partial charge in [-0.15, -0.1) is 0 Å². The fourth-order valence-electron chi connectivity index (χ4n) is 4.84. The number of carbonyl (C=O) groups is 2. The lowest BCUT2D eigenvalue weighted by Gasteiger charge is -2.44. The molecular weight excluding hydrogens is 440 g/mol. The fourth-order valence-corrected chi connectivity index (χ4v) is 5.05. The number of furan rings is 1. The van der Waals surface area contributed by atoms with Gasteiger partial charge in [0.25, 0.3) is 5.91 Å². The van der Waals surface area contributed by atoms with Crippen LogP contribution in [-0.2, 0) is 17.9 Å². The Kier molecular flexibility index (Phi) is 5.74. The maximum absolute atomic E-state index is 13.7. The van der Waals surface area contributed by atoms with Gasteiger partial charge in [0.15, 0.2) is 5.76 Å². The van der Waals surface area contributed by atoms with Gasteiger partial charge in [0.05, 0.1) is 12.8 Å². The molecule has 1 aliphatic carbocycles. The molecule has 2 aliphatic rings. The van der Waals surface area contributed by atoms with Gasteiger partial charge in [-0.3, -0.25) is 14.3 Å². The van der Waals surface area contributed by atoms with E-state index in [2.05, 4.69) is 10.4 Å². The molecule has 0 saturated heterocycles. The first-order chi connectivity index (χ1) is 15.9. The average molecular weight is 467 g/mol. The van der Waals surface area contributed by atoms with Crippen molar-refractivity contribution in [2.24, 2.45) is 0 Å². The molecule has 7 nitrogen and oxygen atoms in total. The van der Waals surface area contributed by atoms with Crippen LogP contribution in [-0.4, -0.2) is 38.1 Å². The molecule has 2 amide bonds. The Balaban J connectivity index is 1.51. The Hall–Kier alpha value is -3.06. The highest BCUT2D eigenvalue weighted by molar-refractivity contribution is 6.30. The van der Waals surface area contributed by atoms with E-state index < -0.39 is 5.54 Å². The Morgan fingerprint density at radius 2 is 2.03 bits per heavy atom. The lowest BCUT2D eigenvalue weighted by atomic mass is 9.91. The van der Waals surface area contributed by atoms with E-state index in [0.29, 0.717) is 22.2 Å². The van der Waals surface area contributed by atoms with E-state index in [0.717, 1.165) is 31.2 Å². The van der Waals surface area contributed by atoms with Gasteiger partial charge in [-0.25, -0.2) is 0 Å². The molecule has 0 spiro atoms. The van der Waals surface area contributed by atoms with Crippen molar-refractivity contribution in [2.75, 3.05) is 0 Å². The lowest BCUT2D eigenvalue weighted by Crippen LogP contribution is -2.64.